The first-order chi connectivity index (χ1) is 13.2. The quantitative estimate of drug-likeness (QED) is 0.825. The number of carbonyl (C=O) groups is 1. The predicted molar refractivity (Wildman–Crippen MR) is 98.9 cm³/mol. The third-order valence-electron chi connectivity index (χ3n) is 5.82. The Morgan fingerprint density at radius 1 is 1.26 bits per heavy atom. The number of para-hydroxylation sites is 2. The van der Waals surface area contributed by atoms with Crippen LogP contribution in [0.2, 0.25) is 0 Å². The summed E-state index contributed by atoms with van der Waals surface area (Å²) in [6.07, 6.45) is 3.86. The van der Waals surface area contributed by atoms with E-state index >= 15 is 0 Å². The maximum Gasteiger partial charge on any atom is 0.258 e. The minimum Gasteiger partial charge on any atom is -0.486 e. The van der Waals surface area contributed by atoms with Crippen molar-refractivity contribution in [1.82, 2.24) is 19.6 Å². The fourth-order valence-electron chi connectivity index (χ4n) is 4.40. The largest absolute Gasteiger partial charge is 0.486 e. The number of likely N-dealkylation sites (tertiary alicyclic amines) is 1. The normalized spacial score (nSPS) is 24.9. The minimum absolute atomic E-state index is 0.0225. The molecule has 7 heteroatoms. The fourth-order valence-corrected chi connectivity index (χ4v) is 4.40. The van der Waals surface area contributed by atoms with E-state index in [0.717, 1.165) is 55.2 Å². The highest BCUT2D eigenvalue weighted by Crippen LogP contribution is 2.32. The van der Waals surface area contributed by atoms with Crippen molar-refractivity contribution < 1.29 is 14.3 Å². The van der Waals surface area contributed by atoms with E-state index in [4.69, 9.17) is 9.47 Å². The molecule has 2 aromatic rings. The molecule has 27 heavy (non-hydrogen) atoms. The molecule has 4 heterocycles. The van der Waals surface area contributed by atoms with Gasteiger partial charge in [0, 0.05) is 26.2 Å². The number of amides is 1. The molecule has 1 aromatic heterocycles. The highest BCUT2D eigenvalue weighted by molar-refractivity contribution is 5.97. The number of piperidine rings is 1. The van der Waals surface area contributed by atoms with Crippen LogP contribution in [0.25, 0.3) is 0 Å². The molecule has 5 rings (SSSR count). The van der Waals surface area contributed by atoms with Crippen LogP contribution >= 0.6 is 0 Å². The number of aromatic nitrogens is 2. The molecule has 1 saturated heterocycles. The van der Waals surface area contributed by atoms with E-state index in [2.05, 4.69) is 10.00 Å². The van der Waals surface area contributed by atoms with Crippen LogP contribution in [0.3, 0.4) is 0 Å². The average molecular weight is 368 g/mol. The predicted octanol–water partition coefficient (Wildman–Crippen LogP) is 1.68. The Morgan fingerprint density at radius 3 is 2.96 bits per heavy atom. The molecule has 1 aromatic carbocycles. The Hall–Kier alpha value is -2.54. The lowest BCUT2D eigenvalue weighted by Crippen LogP contribution is -2.51. The second-order valence-electron chi connectivity index (χ2n) is 7.61. The van der Waals surface area contributed by atoms with Crippen molar-refractivity contribution in [2.75, 3.05) is 26.2 Å². The summed E-state index contributed by atoms with van der Waals surface area (Å²) in [6, 6.07) is 8.06. The molecule has 0 bridgehead atoms. The summed E-state index contributed by atoms with van der Waals surface area (Å²) in [6.45, 7) is 3.97. The van der Waals surface area contributed by atoms with Gasteiger partial charge in [-0.1, -0.05) is 12.1 Å². The summed E-state index contributed by atoms with van der Waals surface area (Å²) in [4.78, 5) is 17.2. The number of rotatable bonds is 3. The summed E-state index contributed by atoms with van der Waals surface area (Å²) in [5.74, 6) is 1.76. The van der Waals surface area contributed by atoms with Crippen LogP contribution in [-0.2, 0) is 13.6 Å². The van der Waals surface area contributed by atoms with Crippen LogP contribution in [-0.4, -0.2) is 63.9 Å². The Bertz CT molecular complexity index is 865. The molecule has 2 unspecified atom stereocenters. The average Bonchev–Trinajstić information content (AvgIpc) is 3.22. The summed E-state index contributed by atoms with van der Waals surface area (Å²) in [5, 5.41) is 4.21. The molecule has 1 fully saturated rings. The molecule has 7 nitrogen and oxygen atoms in total. The molecule has 3 aliphatic rings. The molecule has 0 N–H and O–H groups in total. The zero-order valence-electron chi connectivity index (χ0n) is 15.5. The van der Waals surface area contributed by atoms with E-state index in [1.54, 1.807) is 6.20 Å². The molecule has 3 aliphatic heterocycles. The standard InChI is InChI=1S/C20H24N4O3/c1-22-17-12-24(20(25)16(17)9-21-22)14-5-4-8-23(10-14)11-15-13-26-18-6-2-3-7-19(18)27-15/h2-3,6-7,9,14-15H,4-5,8,10-13H2,1H3. The Labute approximate surface area is 158 Å². The van der Waals surface area contributed by atoms with Gasteiger partial charge in [-0.15, -0.1) is 0 Å². The van der Waals surface area contributed by atoms with E-state index in [1.165, 1.54) is 0 Å². The van der Waals surface area contributed by atoms with Gasteiger partial charge in [0.15, 0.2) is 11.5 Å². The van der Waals surface area contributed by atoms with Gasteiger partial charge in [0.25, 0.3) is 5.91 Å². The van der Waals surface area contributed by atoms with Gasteiger partial charge in [-0.3, -0.25) is 14.4 Å². The third kappa shape index (κ3) is 2.96. The van der Waals surface area contributed by atoms with Crippen molar-refractivity contribution >= 4 is 5.91 Å². The van der Waals surface area contributed by atoms with Crippen molar-refractivity contribution in [3.63, 3.8) is 0 Å². The number of nitrogens with zero attached hydrogens (tertiary/aromatic N) is 4. The maximum absolute atomic E-state index is 12.8. The van der Waals surface area contributed by atoms with E-state index in [9.17, 15) is 4.79 Å². The molecular weight excluding hydrogens is 344 g/mol. The van der Waals surface area contributed by atoms with Crippen LogP contribution in [0.15, 0.2) is 30.5 Å². The van der Waals surface area contributed by atoms with Crippen LogP contribution in [0.5, 0.6) is 11.5 Å². The van der Waals surface area contributed by atoms with Crippen molar-refractivity contribution in [1.29, 1.82) is 0 Å². The molecular formula is C20H24N4O3. The topological polar surface area (TPSA) is 59.8 Å². The van der Waals surface area contributed by atoms with Crippen molar-refractivity contribution in [3.8, 4) is 11.5 Å². The monoisotopic (exact) mass is 368 g/mol. The lowest BCUT2D eigenvalue weighted by molar-refractivity contribution is 0.0304. The van der Waals surface area contributed by atoms with Gasteiger partial charge in [0.1, 0.15) is 12.7 Å². The molecule has 0 saturated carbocycles. The number of aryl methyl sites for hydroxylation is 1. The second kappa shape index (κ2) is 6.56. The van der Waals surface area contributed by atoms with Gasteiger partial charge < -0.3 is 14.4 Å². The summed E-state index contributed by atoms with van der Waals surface area (Å²) in [5.41, 5.74) is 1.79. The number of carbonyl (C=O) groups excluding carboxylic acids is 1. The highest BCUT2D eigenvalue weighted by atomic mass is 16.6. The Morgan fingerprint density at radius 2 is 2.11 bits per heavy atom. The number of benzene rings is 1. The number of fused-ring (bicyclic) bond motifs is 2. The Balaban J connectivity index is 1.23. The first-order valence-corrected chi connectivity index (χ1v) is 9.62. The van der Waals surface area contributed by atoms with E-state index < -0.39 is 0 Å². The molecule has 0 spiro atoms. The zero-order chi connectivity index (χ0) is 18.4. The number of hydrogen-bond acceptors (Lipinski definition) is 5. The van der Waals surface area contributed by atoms with Crippen LogP contribution in [0.1, 0.15) is 28.9 Å². The fraction of sp³-hybridized carbons (Fsp3) is 0.500. The molecule has 0 radical (unpaired) electrons. The number of hydrogen-bond donors (Lipinski definition) is 0. The van der Waals surface area contributed by atoms with E-state index in [0.29, 0.717) is 13.2 Å². The van der Waals surface area contributed by atoms with Crippen molar-refractivity contribution in [2.45, 2.75) is 31.5 Å². The van der Waals surface area contributed by atoms with Gasteiger partial charge in [0.2, 0.25) is 0 Å². The summed E-state index contributed by atoms with van der Waals surface area (Å²) < 4.78 is 13.8. The molecule has 1 amide bonds. The van der Waals surface area contributed by atoms with Crippen LogP contribution in [0, 0.1) is 0 Å². The maximum atomic E-state index is 12.8. The summed E-state index contributed by atoms with van der Waals surface area (Å²) in [7, 11) is 1.90. The zero-order valence-corrected chi connectivity index (χ0v) is 15.5. The van der Waals surface area contributed by atoms with E-state index in [-0.39, 0.29) is 18.1 Å². The lowest BCUT2D eigenvalue weighted by Gasteiger charge is -2.39. The van der Waals surface area contributed by atoms with Gasteiger partial charge in [-0.2, -0.15) is 5.10 Å². The summed E-state index contributed by atoms with van der Waals surface area (Å²) >= 11 is 0. The van der Waals surface area contributed by atoms with E-state index in [1.807, 2.05) is 40.9 Å². The highest BCUT2D eigenvalue weighted by Gasteiger charge is 2.37. The smallest absolute Gasteiger partial charge is 0.258 e. The Kier molecular flexibility index (Phi) is 4.04. The number of ether oxygens (including phenoxy) is 2. The first kappa shape index (κ1) is 16.6. The van der Waals surface area contributed by atoms with Gasteiger partial charge in [0.05, 0.1) is 24.0 Å². The SMILES string of the molecule is Cn1ncc2c1CN(C1CCCN(CC3COc4ccccc4O3)C1)C2=O. The van der Waals surface area contributed by atoms with Gasteiger partial charge >= 0.3 is 0 Å². The molecule has 142 valence electrons. The minimum atomic E-state index is 0.0225. The molecule has 2 atom stereocenters. The second-order valence-corrected chi connectivity index (χ2v) is 7.61. The first-order valence-electron chi connectivity index (χ1n) is 9.62. The van der Waals surface area contributed by atoms with Gasteiger partial charge in [-0.05, 0) is 31.5 Å². The molecule has 0 aliphatic carbocycles. The van der Waals surface area contributed by atoms with Crippen LogP contribution < -0.4 is 9.47 Å². The van der Waals surface area contributed by atoms with Crippen molar-refractivity contribution in [3.05, 3.63) is 41.7 Å². The van der Waals surface area contributed by atoms with Crippen LogP contribution in [0.4, 0.5) is 0 Å². The van der Waals surface area contributed by atoms with Crippen molar-refractivity contribution in [2.24, 2.45) is 7.05 Å². The lowest BCUT2D eigenvalue weighted by atomic mass is 10.0. The third-order valence-corrected chi connectivity index (χ3v) is 5.82. The van der Waals surface area contributed by atoms with Gasteiger partial charge in [-0.25, -0.2) is 0 Å².